The number of benzene rings is 3. The van der Waals surface area contributed by atoms with Gasteiger partial charge >= 0.3 is 0 Å². The number of halogens is 1. The van der Waals surface area contributed by atoms with Gasteiger partial charge in [-0.15, -0.1) is 0 Å². The molecule has 0 saturated carbocycles. The molecule has 1 aliphatic rings. The number of fused-ring (bicyclic) bond motifs is 1. The summed E-state index contributed by atoms with van der Waals surface area (Å²) < 4.78 is 13.8. The summed E-state index contributed by atoms with van der Waals surface area (Å²) in [6.07, 6.45) is 0. The van der Waals surface area contributed by atoms with Crippen molar-refractivity contribution in [3.05, 3.63) is 78.1 Å². The molecule has 0 aromatic heterocycles. The van der Waals surface area contributed by atoms with Crippen molar-refractivity contribution in [3.8, 4) is 0 Å². The Kier molecular flexibility index (Phi) is 5.65. The van der Waals surface area contributed by atoms with Crippen LogP contribution in [0.2, 0.25) is 0 Å². The number of hydrogen-bond donors (Lipinski definition) is 1. The molecule has 28 heavy (non-hydrogen) atoms. The Balaban J connectivity index is 1.30. The molecule has 1 saturated heterocycles. The first-order chi connectivity index (χ1) is 13.7. The molecule has 0 unspecified atom stereocenters. The Hall–Kier alpha value is -2.76. The second-order valence-corrected chi connectivity index (χ2v) is 7.22. The molecule has 0 bridgehead atoms. The Morgan fingerprint density at radius 1 is 0.857 bits per heavy atom. The van der Waals surface area contributed by atoms with Gasteiger partial charge in [0.1, 0.15) is 5.82 Å². The largest absolute Gasteiger partial charge is 0.324 e. The highest BCUT2D eigenvalue weighted by Gasteiger charge is 2.20. The van der Waals surface area contributed by atoms with Gasteiger partial charge in [-0.05, 0) is 17.5 Å². The Labute approximate surface area is 164 Å². The van der Waals surface area contributed by atoms with Gasteiger partial charge in [0.2, 0.25) is 5.91 Å². The van der Waals surface area contributed by atoms with E-state index >= 15 is 0 Å². The van der Waals surface area contributed by atoms with Crippen LogP contribution in [0.1, 0.15) is 5.56 Å². The fraction of sp³-hybridized carbons (Fsp3) is 0.261. The smallest absolute Gasteiger partial charge is 0.238 e. The number of amides is 1. The minimum atomic E-state index is -0.153. The molecule has 1 aliphatic heterocycles. The number of piperazine rings is 1. The summed E-state index contributed by atoms with van der Waals surface area (Å²) in [5, 5.41) is 5.21. The van der Waals surface area contributed by atoms with E-state index in [2.05, 4.69) is 15.1 Å². The first-order valence-electron chi connectivity index (χ1n) is 9.65. The molecule has 1 fully saturated rings. The van der Waals surface area contributed by atoms with E-state index in [1.807, 2.05) is 54.6 Å². The topological polar surface area (TPSA) is 35.6 Å². The van der Waals surface area contributed by atoms with Crippen LogP contribution in [0, 0.1) is 5.82 Å². The van der Waals surface area contributed by atoms with Crippen molar-refractivity contribution < 1.29 is 9.18 Å². The van der Waals surface area contributed by atoms with Crippen molar-refractivity contribution in [2.45, 2.75) is 6.54 Å². The van der Waals surface area contributed by atoms with Crippen LogP contribution in [0.25, 0.3) is 10.8 Å². The Bertz CT molecular complexity index is 961. The van der Waals surface area contributed by atoms with Gasteiger partial charge in [0.05, 0.1) is 6.54 Å². The zero-order valence-corrected chi connectivity index (χ0v) is 15.8. The standard InChI is InChI=1S/C23H24FN3O/c24-21-10-4-2-7-19(21)16-26-12-14-27(15-13-26)17-23(28)25-22-11-5-8-18-6-1-3-9-20(18)22/h1-11H,12-17H2,(H,25,28). The van der Waals surface area contributed by atoms with Crippen LogP contribution in [-0.2, 0) is 11.3 Å². The lowest BCUT2D eigenvalue weighted by molar-refractivity contribution is -0.117. The normalized spacial score (nSPS) is 15.6. The van der Waals surface area contributed by atoms with Crippen molar-refractivity contribution in [1.82, 2.24) is 9.80 Å². The SMILES string of the molecule is O=C(CN1CCN(Cc2ccccc2F)CC1)Nc1cccc2ccccc12. The van der Waals surface area contributed by atoms with Gasteiger partial charge in [-0.2, -0.15) is 0 Å². The second-order valence-electron chi connectivity index (χ2n) is 7.22. The molecule has 0 radical (unpaired) electrons. The van der Waals surface area contributed by atoms with E-state index in [1.165, 1.54) is 6.07 Å². The molecular formula is C23H24FN3O. The quantitative estimate of drug-likeness (QED) is 0.736. The molecule has 1 heterocycles. The zero-order chi connectivity index (χ0) is 19.3. The van der Waals surface area contributed by atoms with Gasteiger partial charge in [0.25, 0.3) is 0 Å². The molecule has 3 aromatic rings. The number of hydrogen-bond acceptors (Lipinski definition) is 3. The third kappa shape index (κ3) is 4.38. The van der Waals surface area contributed by atoms with Crippen LogP contribution in [0.3, 0.4) is 0 Å². The lowest BCUT2D eigenvalue weighted by Gasteiger charge is -2.34. The Morgan fingerprint density at radius 3 is 2.36 bits per heavy atom. The van der Waals surface area contributed by atoms with Crippen molar-refractivity contribution >= 4 is 22.4 Å². The summed E-state index contributed by atoms with van der Waals surface area (Å²) in [5.74, 6) is -0.154. The van der Waals surface area contributed by atoms with Gasteiger partial charge in [-0.3, -0.25) is 14.6 Å². The summed E-state index contributed by atoms with van der Waals surface area (Å²) in [4.78, 5) is 16.9. The molecule has 4 rings (SSSR count). The molecule has 0 atom stereocenters. The molecular weight excluding hydrogens is 353 g/mol. The lowest BCUT2D eigenvalue weighted by atomic mass is 10.1. The molecule has 1 N–H and O–H groups in total. The van der Waals surface area contributed by atoms with Crippen molar-refractivity contribution in [1.29, 1.82) is 0 Å². The van der Waals surface area contributed by atoms with E-state index in [0.717, 1.165) is 48.2 Å². The maximum atomic E-state index is 13.8. The van der Waals surface area contributed by atoms with Crippen LogP contribution in [0.4, 0.5) is 10.1 Å². The molecule has 4 nitrogen and oxygen atoms in total. The molecule has 5 heteroatoms. The summed E-state index contributed by atoms with van der Waals surface area (Å²) >= 11 is 0. The van der Waals surface area contributed by atoms with Crippen molar-refractivity contribution in [2.24, 2.45) is 0 Å². The minimum Gasteiger partial charge on any atom is -0.324 e. The van der Waals surface area contributed by atoms with E-state index < -0.39 is 0 Å². The number of rotatable bonds is 5. The van der Waals surface area contributed by atoms with Crippen molar-refractivity contribution in [2.75, 3.05) is 38.0 Å². The van der Waals surface area contributed by atoms with Crippen LogP contribution >= 0.6 is 0 Å². The van der Waals surface area contributed by atoms with E-state index in [0.29, 0.717) is 13.1 Å². The fourth-order valence-electron chi connectivity index (χ4n) is 3.70. The third-order valence-corrected chi connectivity index (χ3v) is 5.25. The van der Waals surface area contributed by atoms with Gasteiger partial charge < -0.3 is 5.32 Å². The summed E-state index contributed by atoms with van der Waals surface area (Å²) in [7, 11) is 0. The lowest BCUT2D eigenvalue weighted by Crippen LogP contribution is -2.48. The number of anilines is 1. The van der Waals surface area contributed by atoms with Gasteiger partial charge in [-0.25, -0.2) is 4.39 Å². The zero-order valence-electron chi connectivity index (χ0n) is 15.8. The number of nitrogens with one attached hydrogen (secondary N) is 1. The summed E-state index contributed by atoms with van der Waals surface area (Å²) in [6, 6.07) is 20.9. The number of nitrogens with zero attached hydrogens (tertiary/aromatic N) is 2. The van der Waals surface area contributed by atoms with Gasteiger partial charge in [0.15, 0.2) is 0 Å². The molecule has 1 amide bonds. The maximum absolute atomic E-state index is 13.8. The van der Waals surface area contributed by atoms with Crippen LogP contribution in [0.5, 0.6) is 0 Å². The first-order valence-corrected chi connectivity index (χ1v) is 9.65. The van der Waals surface area contributed by atoms with Crippen LogP contribution in [-0.4, -0.2) is 48.4 Å². The number of carbonyl (C=O) groups is 1. The average Bonchev–Trinajstić information content (AvgIpc) is 2.71. The van der Waals surface area contributed by atoms with E-state index in [-0.39, 0.29) is 11.7 Å². The summed E-state index contributed by atoms with van der Waals surface area (Å²) in [5.41, 5.74) is 1.57. The van der Waals surface area contributed by atoms with E-state index in [4.69, 9.17) is 0 Å². The monoisotopic (exact) mass is 377 g/mol. The summed E-state index contributed by atoms with van der Waals surface area (Å²) in [6.45, 7) is 4.25. The third-order valence-electron chi connectivity index (χ3n) is 5.25. The van der Waals surface area contributed by atoms with Crippen molar-refractivity contribution in [3.63, 3.8) is 0 Å². The predicted octanol–water partition coefficient (Wildman–Crippen LogP) is 3.74. The van der Waals surface area contributed by atoms with Crippen LogP contribution in [0.15, 0.2) is 66.7 Å². The molecule has 144 valence electrons. The Morgan fingerprint density at radius 2 is 1.54 bits per heavy atom. The molecule has 0 spiro atoms. The highest BCUT2D eigenvalue weighted by Crippen LogP contribution is 2.23. The van der Waals surface area contributed by atoms with Gasteiger partial charge in [0, 0.05) is 49.4 Å². The van der Waals surface area contributed by atoms with E-state index in [9.17, 15) is 9.18 Å². The maximum Gasteiger partial charge on any atom is 0.238 e. The highest BCUT2D eigenvalue weighted by molar-refractivity contribution is 6.02. The first kappa shape index (κ1) is 18.6. The fourth-order valence-corrected chi connectivity index (χ4v) is 3.70. The molecule has 0 aliphatic carbocycles. The average molecular weight is 377 g/mol. The van der Waals surface area contributed by atoms with Crippen LogP contribution < -0.4 is 5.32 Å². The minimum absolute atomic E-state index is 0.00101. The second kappa shape index (κ2) is 8.50. The van der Waals surface area contributed by atoms with Gasteiger partial charge in [-0.1, -0.05) is 54.6 Å². The number of carbonyl (C=O) groups excluding carboxylic acids is 1. The van der Waals surface area contributed by atoms with E-state index in [1.54, 1.807) is 6.07 Å². The predicted molar refractivity (Wildman–Crippen MR) is 111 cm³/mol. The molecule has 3 aromatic carbocycles. The highest BCUT2D eigenvalue weighted by atomic mass is 19.1.